The standard InChI is InChI=1S/C16H19FN6O/c1-10-20-22-16(24-10)23-9-13(17)5-14(23)8-18-6-11-3-2-4-12-7-19-21-15(11)12/h2-4,7,13-14,18H,5-6,8-9H2,1H3,(H,19,21)/t13-,14-/m0/s1. The Kier molecular flexibility index (Phi) is 3.89. The van der Waals surface area contributed by atoms with Crippen LogP contribution in [0.3, 0.4) is 0 Å². The number of aryl methyl sites for hydroxylation is 1. The second-order valence-electron chi connectivity index (χ2n) is 6.13. The van der Waals surface area contributed by atoms with Crippen LogP contribution in [-0.4, -0.2) is 45.7 Å². The van der Waals surface area contributed by atoms with Crippen LogP contribution in [0.4, 0.5) is 10.4 Å². The molecule has 2 aromatic heterocycles. The summed E-state index contributed by atoms with van der Waals surface area (Å²) in [5.74, 6) is 0.491. The number of halogens is 1. The normalized spacial score (nSPS) is 21.0. The third-order valence-electron chi connectivity index (χ3n) is 4.38. The van der Waals surface area contributed by atoms with Crippen molar-refractivity contribution in [2.24, 2.45) is 0 Å². The first kappa shape index (κ1) is 15.1. The van der Waals surface area contributed by atoms with Crippen molar-refractivity contribution < 1.29 is 8.81 Å². The van der Waals surface area contributed by atoms with Gasteiger partial charge >= 0.3 is 6.01 Å². The summed E-state index contributed by atoms with van der Waals surface area (Å²) >= 11 is 0. The summed E-state index contributed by atoms with van der Waals surface area (Å²) in [4.78, 5) is 1.86. The average Bonchev–Trinajstić information content (AvgIpc) is 3.27. The van der Waals surface area contributed by atoms with E-state index in [1.165, 1.54) is 0 Å². The van der Waals surface area contributed by atoms with Crippen LogP contribution in [0.2, 0.25) is 0 Å². The van der Waals surface area contributed by atoms with E-state index in [1.807, 2.05) is 23.2 Å². The van der Waals surface area contributed by atoms with Gasteiger partial charge in [-0.1, -0.05) is 23.3 Å². The van der Waals surface area contributed by atoms with Crippen LogP contribution in [0.15, 0.2) is 28.8 Å². The Bertz CT molecular complexity index is 831. The number of benzene rings is 1. The van der Waals surface area contributed by atoms with Gasteiger partial charge in [-0.15, -0.1) is 5.10 Å². The number of rotatable bonds is 5. The van der Waals surface area contributed by atoms with Gasteiger partial charge in [-0.2, -0.15) is 5.10 Å². The number of nitrogens with one attached hydrogen (secondary N) is 2. The van der Waals surface area contributed by atoms with Gasteiger partial charge in [-0.05, 0) is 5.56 Å². The molecule has 0 aliphatic carbocycles. The van der Waals surface area contributed by atoms with Crippen LogP contribution >= 0.6 is 0 Å². The van der Waals surface area contributed by atoms with Crippen molar-refractivity contribution in [1.29, 1.82) is 0 Å². The minimum Gasteiger partial charge on any atom is -0.408 e. The summed E-state index contributed by atoms with van der Waals surface area (Å²) in [7, 11) is 0. The van der Waals surface area contributed by atoms with E-state index in [1.54, 1.807) is 6.92 Å². The van der Waals surface area contributed by atoms with E-state index in [2.05, 4.69) is 31.8 Å². The van der Waals surface area contributed by atoms with Crippen molar-refractivity contribution in [3.8, 4) is 0 Å². The molecule has 3 aromatic rings. The smallest absolute Gasteiger partial charge is 0.318 e. The number of fused-ring (bicyclic) bond motifs is 1. The zero-order chi connectivity index (χ0) is 16.5. The Hall–Kier alpha value is -2.48. The maximum Gasteiger partial charge on any atom is 0.318 e. The molecular weight excluding hydrogens is 311 g/mol. The fourth-order valence-corrected chi connectivity index (χ4v) is 3.24. The maximum absolute atomic E-state index is 13.9. The monoisotopic (exact) mass is 330 g/mol. The molecule has 1 aliphatic heterocycles. The fraction of sp³-hybridized carbons (Fsp3) is 0.438. The number of anilines is 1. The van der Waals surface area contributed by atoms with Crippen molar-refractivity contribution in [2.45, 2.75) is 32.1 Å². The summed E-state index contributed by atoms with van der Waals surface area (Å²) in [5.41, 5.74) is 2.17. The highest BCUT2D eigenvalue weighted by Crippen LogP contribution is 2.26. The molecule has 0 spiro atoms. The molecule has 126 valence electrons. The van der Waals surface area contributed by atoms with Crippen LogP contribution in [0, 0.1) is 6.92 Å². The van der Waals surface area contributed by atoms with Crippen LogP contribution in [0.25, 0.3) is 10.9 Å². The quantitative estimate of drug-likeness (QED) is 0.744. The van der Waals surface area contributed by atoms with Crippen LogP contribution in [0.5, 0.6) is 0 Å². The number of hydrogen-bond acceptors (Lipinski definition) is 6. The van der Waals surface area contributed by atoms with Gasteiger partial charge in [0.25, 0.3) is 0 Å². The molecule has 7 nitrogen and oxygen atoms in total. The molecule has 0 amide bonds. The Morgan fingerprint density at radius 1 is 1.42 bits per heavy atom. The number of para-hydroxylation sites is 1. The van der Waals surface area contributed by atoms with Gasteiger partial charge < -0.3 is 14.6 Å². The molecule has 0 unspecified atom stereocenters. The topological polar surface area (TPSA) is 82.9 Å². The lowest BCUT2D eigenvalue weighted by Crippen LogP contribution is -2.38. The zero-order valence-electron chi connectivity index (χ0n) is 13.4. The zero-order valence-corrected chi connectivity index (χ0v) is 13.4. The maximum atomic E-state index is 13.9. The molecule has 3 heterocycles. The van der Waals surface area contributed by atoms with Gasteiger partial charge in [0.2, 0.25) is 5.89 Å². The molecular formula is C16H19FN6O. The van der Waals surface area contributed by atoms with Gasteiger partial charge in [0, 0.05) is 37.9 Å². The minimum absolute atomic E-state index is 0.000759. The van der Waals surface area contributed by atoms with Crippen molar-refractivity contribution in [1.82, 2.24) is 25.7 Å². The van der Waals surface area contributed by atoms with E-state index in [-0.39, 0.29) is 6.04 Å². The molecule has 4 rings (SSSR count). The van der Waals surface area contributed by atoms with E-state index in [0.29, 0.717) is 38.0 Å². The summed E-state index contributed by atoms with van der Waals surface area (Å²) in [5, 5.41) is 19.4. The van der Waals surface area contributed by atoms with Crippen molar-refractivity contribution in [2.75, 3.05) is 18.0 Å². The van der Waals surface area contributed by atoms with E-state index in [4.69, 9.17) is 4.42 Å². The predicted octanol–water partition coefficient (Wildman–Crippen LogP) is 1.96. The largest absolute Gasteiger partial charge is 0.408 e. The number of alkyl halides is 1. The van der Waals surface area contributed by atoms with Crippen molar-refractivity contribution >= 4 is 16.9 Å². The summed E-state index contributed by atoms with van der Waals surface area (Å²) in [6, 6.07) is 6.48. The van der Waals surface area contributed by atoms with E-state index in [0.717, 1.165) is 16.5 Å². The number of nitrogens with zero attached hydrogens (tertiary/aromatic N) is 4. The van der Waals surface area contributed by atoms with Crippen molar-refractivity contribution in [3.05, 3.63) is 35.9 Å². The lowest BCUT2D eigenvalue weighted by molar-refractivity contribution is 0.354. The van der Waals surface area contributed by atoms with Crippen LogP contribution in [0.1, 0.15) is 17.9 Å². The Balaban J connectivity index is 1.42. The second kappa shape index (κ2) is 6.20. The predicted molar refractivity (Wildman–Crippen MR) is 87.5 cm³/mol. The third kappa shape index (κ3) is 2.84. The number of aromatic amines is 1. The highest BCUT2D eigenvalue weighted by molar-refractivity contribution is 5.81. The average molecular weight is 330 g/mol. The molecule has 24 heavy (non-hydrogen) atoms. The lowest BCUT2D eigenvalue weighted by Gasteiger charge is -2.22. The van der Waals surface area contributed by atoms with E-state index in [9.17, 15) is 4.39 Å². The van der Waals surface area contributed by atoms with Crippen LogP contribution < -0.4 is 10.2 Å². The minimum atomic E-state index is -0.875. The molecule has 1 aliphatic rings. The first-order chi connectivity index (χ1) is 11.7. The first-order valence-corrected chi connectivity index (χ1v) is 8.03. The fourth-order valence-electron chi connectivity index (χ4n) is 3.24. The number of H-pyrrole nitrogens is 1. The molecule has 0 saturated carbocycles. The summed E-state index contributed by atoms with van der Waals surface area (Å²) < 4.78 is 19.3. The summed E-state index contributed by atoms with van der Waals surface area (Å²) in [6.07, 6.45) is 1.39. The van der Waals surface area contributed by atoms with Crippen molar-refractivity contribution in [3.63, 3.8) is 0 Å². The SMILES string of the molecule is Cc1nnc(N2C[C@@H](F)C[C@H]2CNCc2cccc3cn[nH]c23)o1. The first-order valence-electron chi connectivity index (χ1n) is 8.03. The van der Waals surface area contributed by atoms with Gasteiger partial charge in [0.1, 0.15) is 6.17 Å². The third-order valence-corrected chi connectivity index (χ3v) is 4.38. The van der Waals surface area contributed by atoms with Gasteiger partial charge in [0.15, 0.2) is 0 Å². The lowest BCUT2D eigenvalue weighted by atomic mass is 10.1. The molecule has 2 N–H and O–H groups in total. The molecule has 0 bridgehead atoms. The number of hydrogen-bond donors (Lipinski definition) is 2. The van der Waals surface area contributed by atoms with Gasteiger partial charge in [-0.25, -0.2) is 4.39 Å². The molecule has 8 heteroatoms. The number of aromatic nitrogens is 4. The Labute approximate surface area is 138 Å². The molecule has 0 radical (unpaired) electrons. The molecule has 1 fully saturated rings. The molecule has 1 aromatic carbocycles. The van der Waals surface area contributed by atoms with Gasteiger partial charge in [-0.3, -0.25) is 5.10 Å². The van der Waals surface area contributed by atoms with E-state index >= 15 is 0 Å². The highest BCUT2D eigenvalue weighted by atomic mass is 19.1. The molecule has 1 saturated heterocycles. The van der Waals surface area contributed by atoms with E-state index < -0.39 is 6.17 Å². The van der Waals surface area contributed by atoms with Gasteiger partial charge in [0.05, 0.1) is 18.3 Å². The molecule has 2 atom stereocenters. The summed E-state index contributed by atoms with van der Waals surface area (Å²) in [6.45, 7) is 3.36. The van der Waals surface area contributed by atoms with Crippen LogP contribution in [-0.2, 0) is 6.54 Å². The highest BCUT2D eigenvalue weighted by Gasteiger charge is 2.34. The Morgan fingerprint density at radius 2 is 2.33 bits per heavy atom. The second-order valence-corrected chi connectivity index (χ2v) is 6.13. The Morgan fingerprint density at radius 3 is 3.17 bits per heavy atom.